The molecule has 1 aliphatic heterocycles. The molecule has 224 valence electrons. The van der Waals surface area contributed by atoms with Gasteiger partial charge in [0.05, 0.1) is 21.3 Å². The maximum atomic E-state index is 14.9. The number of carbonyl (C=O) groups excluding carboxylic acids is 2. The Labute approximate surface area is 252 Å². The van der Waals surface area contributed by atoms with Crippen LogP contribution in [0.4, 0.5) is 14.5 Å². The summed E-state index contributed by atoms with van der Waals surface area (Å²) in [5.41, 5.74) is -0.633. The second kappa shape index (κ2) is 12.8. The fourth-order valence-electron chi connectivity index (χ4n) is 4.90. The number of carbonyl (C=O) groups is 2. The molecule has 0 radical (unpaired) electrons. The van der Waals surface area contributed by atoms with Gasteiger partial charge >= 0.3 is 5.97 Å². The number of halogens is 2. The summed E-state index contributed by atoms with van der Waals surface area (Å²) < 4.78 is 51.7. The summed E-state index contributed by atoms with van der Waals surface area (Å²) in [6, 6.07) is 21.0. The number of benzene rings is 4. The van der Waals surface area contributed by atoms with Crippen LogP contribution in [0.15, 0.2) is 102 Å². The second-order valence-corrected chi connectivity index (χ2v) is 9.67. The summed E-state index contributed by atoms with van der Waals surface area (Å²) in [5.74, 6) is -1.65. The summed E-state index contributed by atoms with van der Waals surface area (Å²) in [6.07, 6.45) is 3.56. The lowest BCUT2D eigenvalue weighted by Crippen LogP contribution is -2.36. The average molecular weight is 599 g/mol. The molecule has 1 atom stereocenters. The monoisotopic (exact) mass is 598 g/mol. The fraction of sp³-hybridized carbons (Fsp3) is 0.147. The summed E-state index contributed by atoms with van der Waals surface area (Å²) in [7, 11) is 4.19. The summed E-state index contributed by atoms with van der Waals surface area (Å²) in [6.45, 7) is 0. The van der Waals surface area contributed by atoms with E-state index in [1.807, 2.05) is 0 Å². The van der Waals surface area contributed by atoms with E-state index in [2.05, 4.69) is 10.3 Å². The van der Waals surface area contributed by atoms with Crippen molar-refractivity contribution in [3.8, 4) is 17.2 Å². The first-order valence-corrected chi connectivity index (χ1v) is 13.5. The molecule has 44 heavy (non-hydrogen) atoms. The Balaban J connectivity index is 1.51. The molecule has 10 heteroatoms. The number of hydrogen-bond donors (Lipinski definition) is 1. The molecule has 0 aliphatic carbocycles. The van der Waals surface area contributed by atoms with Crippen LogP contribution in [0.5, 0.6) is 17.2 Å². The lowest BCUT2D eigenvalue weighted by atomic mass is 9.89. The van der Waals surface area contributed by atoms with Gasteiger partial charge in [0, 0.05) is 23.0 Å². The van der Waals surface area contributed by atoms with Crippen molar-refractivity contribution >= 4 is 23.8 Å². The van der Waals surface area contributed by atoms with E-state index in [1.165, 1.54) is 82.1 Å². The highest BCUT2D eigenvalue weighted by Crippen LogP contribution is 2.39. The normalized spacial score (nSPS) is 15.2. The van der Waals surface area contributed by atoms with Crippen molar-refractivity contribution in [2.45, 2.75) is 11.6 Å². The minimum absolute atomic E-state index is 0.0141. The Hall–Kier alpha value is -5.51. The van der Waals surface area contributed by atoms with Crippen molar-refractivity contribution in [2.24, 2.45) is 4.99 Å². The summed E-state index contributed by atoms with van der Waals surface area (Å²) in [4.78, 5) is 31.1. The van der Waals surface area contributed by atoms with E-state index in [0.29, 0.717) is 17.1 Å². The first-order valence-electron chi connectivity index (χ1n) is 13.5. The molecular formula is C34H28F2N2O6. The largest absolute Gasteiger partial charge is 0.493 e. The van der Waals surface area contributed by atoms with Crippen LogP contribution in [0, 0.1) is 11.6 Å². The van der Waals surface area contributed by atoms with Crippen molar-refractivity contribution in [3.63, 3.8) is 0 Å². The zero-order valence-corrected chi connectivity index (χ0v) is 24.0. The number of nitrogens with one attached hydrogen (secondary N) is 1. The number of esters is 1. The third-order valence-electron chi connectivity index (χ3n) is 7.13. The van der Waals surface area contributed by atoms with Gasteiger partial charge in [-0.3, -0.25) is 9.79 Å². The molecule has 0 spiro atoms. The first-order chi connectivity index (χ1) is 21.3. The van der Waals surface area contributed by atoms with Crippen LogP contribution in [-0.4, -0.2) is 39.4 Å². The van der Waals surface area contributed by atoms with Crippen molar-refractivity contribution in [2.75, 3.05) is 26.6 Å². The zero-order valence-electron chi connectivity index (χ0n) is 24.0. The van der Waals surface area contributed by atoms with Crippen LogP contribution in [0.25, 0.3) is 0 Å². The first kappa shape index (κ1) is 30.0. The van der Waals surface area contributed by atoms with Crippen molar-refractivity contribution in [1.29, 1.82) is 0 Å². The van der Waals surface area contributed by atoms with Gasteiger partial charge in [-0.05, 0) is 60.2 Å². The molecule has 1 unspecified atom stereocenters. The van der Waals surface area contributed by atoms with Gasteiger partial charge in [0.1, 0.15) is 22.9 Å². The van der Waals surface area contributed by atoms with Gasteiger partial charge in [0.15, 0.2) is 23.1 Å². The molecule has 1 N–H and O–H groups in total. The third-order valence-corrected chi connectivity index (χ3v) is 7.13. The SMILES string of the molecule is COC(=O)c1cc(NC(=O)C2(c3ccc(OC)c(OC)c3)C=CC=N2)ccc1OC(c1ccccc1F)c1ccccc1F. The van der Waals surface area contributed by atoms with Crippen molar-refractivity contribution in [1.82, 2.24) is 0 Å². The standard InChI is InChI=1S/C34H28F2N2O6/c1-41-29-15-13-21(19-30(29)42-2)34(17-8-18-37-34)33(40)38-22-14-16-28(25(20-22)32(39)43-3)44-31(23-9-4-6-11-26(23)35)24-10-5-7-12-27(24)36/h4-20,31H,1-3H3,(H,38,40). The van der Waals surface area contributed by atoms with Crippen LogP contribution in [0.3, 0.4) is 0 Å². The molecule has 4 aromatic carbocycles. The number of anilines is 1. The molecule has 1 aliphatic rings. The highest BCUT2D eigenvalue weighted by Gasteiger charge is 2.40. The molecule has 0 bridgehead atoms. The van der Waals surface area contributed by atoms with E-state index >= 15 is 0 Å². The molecule has 0 saturated heterocycles. The van der Waals surface area contributed by atoms with E-state index < -0.39 is 35.2 Å². The molecule has 8 nitrogen and oxygen atoms in total. The predicted octanol–water partition coefficient (Wildman–Crippen LogP) is 6.41. The van der Waals surface area contributed by atoms with Crippen molar-refractivity contribution < 1.29 is 37.3 Å². The van der Waals surface area contributed by atoms with Gasteiger partial charge in [-0.1, -0.05) is 42.5 Å². The van der Waals surface area contributed by atoms with E-state index in [0.717, 1.165) is 0 Å². The minimum atomic E-state index is -1.43. The van der Waals surface area contributed by atoms with Crippen molar-refractivity contribution in [3.05, 3.63) is 131 Å². The Morgan fingerprint density at radius 2 is 1.43 bits per heavy atom. The van der Waals surface area contributed by atoms with Gasteiger partial charge < -0.3 is 24.3 Å². The molecular weight excluding hydrogens is 570 g/mol. The number of allylic oxidation sites excluding steroid dienone is 1. The predicted molar refractivity (Wildman–Crippen MR) is 161 cm³/mol. The number of hydrogen-bond acceptors (Lipinski definition) is 7. The van der Waals surface area contributed by atoms with E-state index in [4.69, 9.17) is 18.9 Å². The number of methoxy groups -OCH3 is 3. The highest BCUT2D eigenvalue weighted by atomic mass is 19.1. The molecule has 4 aromatic rings. The van der Waals surface area contributed by atoms with E-state index in [1.54, 1.807) is 42.5 Å². The van der Waals surface area contributed by atoms with Crippen LogP contribution in [0.1, 0.15) is 33.2 Å². The van der Waals surface area contributed by atoms with E-state index in [-0.39, 0.29) is 28.1 Å². The fourth-order valence-corrected chi connectivity index (χ4v) is 4.90. The maximum absolute atomic E-state index is 14.9. The lowest BCUT2D eigenvalue weighted by molar-refractivity contribution is -0.119. The quantitative estimate of drug-likeness (QED) is 0.212. The van der Waals surface area contributed by atoms with Crippen LogP contribution >= 0.6 is 0 Å². The van der Waals surface area contributed by atoms with Crippen LogP contribution in [-0.2, 0) is 15.1 Å². The molecule has 5 rings (SSSR count). The number of amides is 1. The number of nitrogens with zero attached hydrogens (tertiary/aromatic N) is 1. The van der Waals surface area contributed by atoms with E-state index in [9.17, 15) is 18.4 Å². The Morgan fingerprint density at radius 3 is 2.00 bits per heavy atom. The Bertz CT molecular complexity index is 1710. The van der Waals surface area contributed by atoms with Gasteiger partial charge in [0.2, 0.25) is 0 Å². The molecule has 0 saturated carbocycles. The molecule has 0 fully saturated rings. The second-order valence-electron chi connectivity index (χ2n) is 9.67. The van der Waals surface area contributed by atoms with Gasteiger partial charge in [-0.2, -0.15) is 0 Å². The smallest absolute Gasteiger partial charge is 0.341 e. The third kappa shape index (κ3) is 5.74. The Morgan fingerprint density at radius 1 is 0.795 bits per heavy atom. The van der Waals surface area contributed by atoms with Gasteiger partial charge in [-0.15, -0.1) is 0 Å². The molecule has 0 aromatic heterocycles. The Kier molecular flexibility index (Phi) is 8.71. The van der Waals surface area contributed by atoms with Gasteiger partial charge in [0.25, 0.3) is 5.91 Å². The summed E-state index contributed by atoms with van der Waals surface area (Å²) >= 11 is 0. The minimum Gasteiger partial charge on any atom is -0.493 e. The average Bonchev–Trinajstić information content (AvgIpc) is 3.56. The summed E-state index contributed by atoms with van der Waals surface area (Å²) in [5, 5.41) is 2.81. The van der Waals surface area contributed by atoms with Crippen LogP contribution in [0.2, 0.25) is 0 Å². The molecule has 1 amide bonds. The topological polar surface area (TPSA) is 95.5 Å². The lowest BCUT2D eigenvalue weighted by Gasteiger charge is -2.25. The maximum Gasteiger partial charge on any atom is 0.341 e. The van der Waals surface area contributed by atoms with Gasteiger partial charge in [-0.25, -0.2) is 13.6 Å². The number of aliphatic imine (C=N–C) groups is 1. The number of ether oxygens (including phenoxy) is 4. The number of rotatable bonds is 10. The molecule has 1 heterocycles. The van der Waals surface area contributed by atoms with Crippen LogP contribution < -0.4 is 19.5 Å². The zero-order chi connectivity index (χ0) is 31.3. The highest BCUT2D eigenvalue weighted by molar-refractivity contribution is 6.04.